The number of carbonyl (C=O) groups is 2. The van der Waals surface area contributed by atoms with Crippen LogP contribution in [0.15, 0.2) is 24.3 Å². The van der Waals surface area contributed by atoms with Gasteiger partial charge < -0.3 is 5.11 Å². The molecule has 136 valence electrons. The first-order chi connectivity index (χ1) is 12.1. The molecule has 0 aliphatic carbocycles. The molecule has 1 aliphatic heterocycles. The first-order valence-corrected chi connectivity index (χ1v) is 8.14. The van der Waals surface area contributed by atoms with E-state index in [1.165, 1.54) is 6.07 Å². The number of benzene rings is 1. The van der Waals surface area contributed by atoms with Crippen LogP contribution >= 0.6 is 0 Å². The molecule has 0 bridgehead atoms. The van der Waals surface area contributed by atoms with Gasteiger partial charge in [0.1, 0.15) is 0 Å². The predicted octanol–water partition coefficient (Wildman–Crippen LogP) is 4.00. The number of carboxylic acid groups (broad SMARTS) is 1. The van der Waals surface area contributed by atoms with Crippen LogP contribution in [0.2, 0.25) is 0 Å². The van der Waals surface area contributed by atoms with Crippen LogP contribution < -0.4 is 0 Å². The van der Waals surface area contributed by atoms with Crippen molar-refractivity contribution in [3.05, 3.63) is 52.7 Å². The maximum absolute atomic E-state index is 13.7. The lowest BCUT2D eigenvalue weighted by atomic mass is 9.82. The quantitative estimate of drug-likeness (QED) is 0.834. The highest BCUT2D eigenvalue weighted by Crippen LogP contribution is 2.35. The molecule has 1 aromatic carbocycles. The van der Waals surface area contributed by atoms with E-state index in [9.17, 15) is 18.4 Å². The summed E-state index contributed by atoms with van der Waals surface area (Å²) in [7, 11) is 0. The molecule has 1 N–H and O–H groups in total. The van der Waals surface area contributed by atoms with Crippen LogP contribution in [0.5, 0.6) is 0 Å². The van der Waals surface area contributed by atoms with Gasteiger partial charge in [-0.05, 0) is 35.2 Å². The Morgan fingerprint density at radius 1 is 1.19 bits per heavy atom. The number of imide groups is 1. The molecule has 0 unspecified atom stereocenters. The Morgan fingerprint density at radius 2 is 1.88 bits per heavy atom. The number of carbonyl (C=O) groups excluding carboxylic acids is 1. The molecule has 7 heteroatoms. The minimum atomic E-state index is -1.30. The molecule has 3 rings (SSSR count). The van der Waals surface area contributed by atoms with Crippen molar-refractivity contribution in [3.63, 3.8) is 0 Å². The molecule has 1 aliphatic rings. The summed E-state index contributed by atoms with van der Waals surface area (Å²) in [6, 6.07) is 5.18. The molecule has 5 nitrogen and oxygen atoms in total. The highest BCUT2D eigenvalue weighted by molar-refractivity contribution is 6.04. The third kappa shape index (κ3) is 3.05. The molecular weight excluding hydrogens is 342 g/mol. The van der Waals surface area contributed by atoms with Crippen LogP contribution in [-0.2, 0) is 11.8 Å². The minimum Gasteiger partial charge on any atom is -0.465 e. The van der Waals surface area contributed by atoms with E-state index < -0.39 is 29.0 Å². The van der Waals surface area contributed by atoms with E-state index in [1.807, 2.05) is 20.8 Å². The van der Waals surface area contributed by atoms with E-state index in [-0.39, 0.29) is 18.5 Å². The fraction of sp³-hybridized carbons (Fsp3) is 0.316. The van der Waals surface area contributed by atoms with Gasteiger partial charge in [0, 0.05) is 18.5 Å². The molecule has 0 radical (unpaired) electrons. The van der Waals surface area contributed by atoms with Crippen molar-refractivity contribution in [2.75, 3.05) is 6.54 Å². The molecular formula is C19H18F2N2O3. The zero-order chi connectivity index (χ0) is 19.2. The number of amides is 2. The van der Waals surface area contributed by atoms with Crippen LogP contribution in [0, 0.1) is 11.6 Å². The summed E-state index contributed by atoms with van der Waals surface area (Å²) in [4.78, 5) is 29.0. The Bertz CT molecular complexity index is 920. The van der Waals surface area contributed by atoms with Gasteiger partial charge in [-0.15, -0.1) is 0 Å². The van der Waals surface area contributed by atoms with Crippen molar-refractivity contribution in [1.82, 2.24) is 9.88 Å². The van der Waals surface area contributed by atoms with E-state index in [1.54, 1.807) is 6.07 Å². The SMILES string of the molecule is CC(C)(C)c1cc2c(nc1-c1ccc(F)c(F)c1)CCN(C(=O)O)C2=O. The lowest BCUT2D eigenvalue weighted by Crippen LogP contribution is -2.41. The molecule has 0 saturated heterocycles. The zero-order valence-electron chi connectivity index (χ0n) is 14.6. The average molecular weight is 360 g/mol. The fourth-order valence-corrected chi connectivity index (χ4v) is 3.01. The third-order valence-electron chi connectivity index (χ3n) is 4.38. The van der Waals surface area contributed by atoms with Crippen molar-refractivity contribution in [2.24, 2.45) is 0 Å². The van der Waals surface area contributed by atoms with Gasteiger partial charge in [0.2, 0.25) is 0 Å². The molecule has 2 heterocycles. The Hall–Kier alpha value is -2.83. The summed E-state index contributed by atoms with van der Waals surface area (Å²) in [6.07, 6.45) is -1.03. The first-order valence-electron chi connectivity index (χ1n) is 8.14. The second-order valence-corrected chi connectivity index (χ2v) is 7.25. The predicted molar refractivity (Wildman–Crippen MR) is 91.1 cm³/mol. The minimum absolute atomic E-state index is 0.0141. The Kier molecular flexibility index (Phi) is 4.26. The van der Waals surface area contributed by atoms with Crippen molar-refractivity contribution >= 4 is 12.0 Å². The van der Waals surface area contributed by atoms with E-state index in [4.69, 9.17) is 5.11 Å². The Morgan fingerprint density at radius 3 is 2.46 bits per heavy atom. The topological polar surface area (TPSA) is 70.5 Å². The molecule has 0 saturated carbocycles. The standard InChI is InChI=1S/C19H18F2N2O3/c1-19(2,3)12-9-11-15(6-7-23(17(11)24)18(25)26)22-16(12)10-4-5-13(20)14(21)8-10/h4-5,8-9H,6-7H2,1-3H3,(H,25,26). The summed E-state index contributed by atoms with van der Waals surface area (Å²) in [5, 5.41) is 9.16. The Balaban J connectivity index is 2.22. The number of hydrogen-bond acceptors (Lipinski definition) is 3. The van der Waals surface area contributed by atoms with Gasteiger partial charge >= 0.3 is 6.09 Å². The number of rotatable bonds is 1. The molecule has 26 heavy (non-hydrogen) atoms. The number of halogens is 2. The molecule has 0 atom stereocenters. The summed E-state index contributed by atoms with van der Waals surface area (Å²) in [6.45, 7) is 5.73. The van der Waals surface area contributed by atoms with Crippen LogP contribution in [-0.4, -0.2) is 33.5 Å². The van der Waals surface area contributed by atoms with Gasteiger partial charge in [-0.3, -0.25) is 9.78 Å². The van der Waals surface area contributed by atoms with Crippen LogP contribution in [0.4, 0.5) is 13.6 Å². The van der Waals surface area contributed by atoms with Crippen LogP contribution in [0.1, 0.15) is 42.4 Å². The van der Waals surface area contributed by atoms with E-state index in [0.717, 1.165) is 17.0 Å². The highest BCUT2D eigenvalue weighted by atomic mass is 19.2. The van der Waals surface area contributed by atoms with Gasteiger partial charge in [0.05, 0.1) is 17.0 Å². The van der Waals surface area contributed by atoms with Gasteiger partial charge in [-0.1, -0.05) is 20.8 Å². The fourth-order valence-electron chi connectivity index (χ4n) is 3.01. The lowest BCUT2D eigenvalue weighted by molar-refractivity contribution is 0.0725. The number of aromatic nitrogens is 1. The smallest absolute Gasteiger partial charge is 0.414 e. The summed E-state index contributed by atoms with van der Waals surface area (Å²) in [5.41, 5.74) is 1.77. The molecule has 0 spiro atoms. The van der Waals surface area contributed by atoms with Crippen LogP contribution in [0.25, 0.3) is 11.3 Å². The van der Waals surface area contributed by atoms with Gasteiger partial charge in [-0.25, -0.2) is 18.5 Å². The van der Waals surface area contributed by atoms with E-state index in [2.05, 4.69) is 4.98 Å². The molecule has 2 aromatic rings. The van der Waals surface area contributed by atoms with E-state index in [0.29, 0.717) is 22.5 Å². The average Bonchev–Trinajstić information content (AvgIpc) is 2.55. The molecule has 0 fully saturated rings. The van der Waals surface area contributed by atoms with Gasteiger partial charge in [0.15, 0.2) is 11.6 Å². The first kappa shape index (κ1) is 18.0. The van der Waals surface area contributed by atoms with Crippen molar-refractivity contribution < 1.29 is 23.5 Å². The lowest BCUT2D eigenvalue weighted by Gasteiger charge is -2.28. The van der Waals surface area contributed by atoms with Crippen molar-refractivity contribution in [1.29, 1.82) is 0 Å². The van der Waals surface area contributed by atoms with Crippen LogP contribution in [0.3, 0.4) is 0 Å². The summed E-state index contributed by atoms with van der Waals surface area (Å²) in [5.74, 6) is -2.54. The van der Waals surface area contributed by atoms with Crippen molar-refractivity contribution in [2.45, 2.75) is 32.6 Å². The number of fused-ring (bicyclic) bond motifs is 1. The second-order valence-electron chi connectivity index (χ2n) is 7.25. The largest absolute Gasteiger partial charge is 0.465 e. The Labute approximate surface area is 149 Å². The molecule has 2 amide bonds. The maximum Gasteiger partial charge on any atom is 0.414 e. The second kappa shape index (κ2) is 6.16. The van der Waals surface area contributed by atoms with E-state index >= 15 is 0 Å². The number of hydrogen-bond donors (Lipinski definition) is 1. The normalized spacial score (nSPS) is 14.3. The van der Waals surface area contributed by atoms with Crippen molar-refractivity contribution in [3.8, 4) is 11.3 Å². The zero-order valence-corrected chi connectivity index (χ0v) is 14.6. The van der Waals surface area contributed by atoms with Gasteiger partial charge in [-0.2, -0.15) is 0 Å². The third-order valence-corrected chi connectivity index (χ3v) is 4.38. The summed E-state index contributed by atoms with van der Waals surface area (Å²) >= 11 is 0. The monoisotopic (exact) mass is 360 g/mol. The number of nitrogens with zero attached hydrogens (tertiary/aromatic N) is 2. The highest BCUT2D eigenvalue weighted by Gasteiger charge is 2.33. The molecule has 1 aromatic heterocycles. The number of pyridine rings is 1. The summed E-state index contributed by atoms with van der Waals surface area (Å²) < 4.78 is 27.0. The maximum atomic E-state index is 13.7. The van der Waals surface area contributed by atoms with Gasteiger partial charge in [0.25, 0.3) is 5.91 Å².